The van der Waals surface area contributed by atoms with Gasteiger partial charge in [-0.3, -0.25) is 9.79 Å². The van der Waals surface area contributed by atoms with Crippen LogP contribution in [-0.2, 0) is 11.3 Å². The predicted molar refractivity (Wildman–Crippen MR) is 116 cm³/mol. The second-order valence-electron chi connectivity index (χ2n) is 6.92. The molecule has 0 aromatic heterocycles. The summed E-state index contributed by atoms with van der Waals surface area (Å²) in [4.78, 5) is 19.1. The molecule has 0 saturated carbocycles. The Bertz CT molecular complexity index is 1160. The monoisotopic (exact) mass is 444 g/mol. The molecule has 0 fully saturated rings. The number of carbonyl (C=O) groups excluding carboxylic acids is 1. The normalized spacial score (nSPS) is 16.2. The standard InChI is InChI=1S/C23H16Cl2F2N2O/c1-13-23(30)29(12-17-18(25)6-4-8-20(17)27)21-10-9-14(24)11-16(21)22(28-13)15-5-2-3-7-19(15)26/h2-11,13H,12H2,1H3. The molecule has 3 aromatic rings. The summed E-state index contributed by atoms with van der Waals surface area (Å²) in [6.45, 7) is 1.52. The van der Waals surface area contributed by atoms with E-state index in [0.717, 1.165) is 0 Å². The Kier molecular flexibility index (Phi) is 5.58. The Balaban J connectivity index is 1.91. The average Bonchev–Trinajstić information content (AvgIpc) is 2.81. The van der Waals surface area contributed by atoms with Crippen LogP contribution in [0.2, 0.25) is 10.0 Å². The van der Waals surface area contributed by atoms with E-state index in [1.807, 2.05) is 0 Å². The third kappa shape index (κ3) is 3.71. The van der Waals surface area contributed by atoms with Crippen molar-refractivity contribution in [1.29, 1.82) is 0 Å². The van der Waals surface area contributed by atoms with Gasteiger partial charge in [-0.1, -0.05) is 41.4 Å². The quantitative estimate of drug-likeness (QED) is 0.484. The van der Waals surface area contributed by atoms with E-state index in [1.54, 1.807) is 49.4 Å². The van der Waals surface area contributed by atoms with Crippen molar-refractivity contribution in [2.75, 3.05) is 4.90 Å². The highest BCUT2D eigenvalue weighted by Gasteiger charge is 2.31. The molecule has 3 aromatic carbocycles. The van der Waals surface area contributed by atoms with Gasteiger partial charge in [-0.25, -0.2) is 8.78 Å². The van der Waals surface area contributed by atoms with Crippen LogP contribution < -0.4 is 4.90 Å². The Labute approximate surface area is 182 Å². The van der Waals surface area contributed by atoms with Crippen LogP contribution in [0.1, 0.15) is 23.6 Å². The van der Waals surface area contributed by atoms with Gasteiger partial charge in [-0.2, -0.15) is 0 Å². The summed E-state index contributed by atoms with van der Waals surface area (Å²) in [7, 11) is 0. The van der Waals surface area contributed by atoms with Crippen LogP contribution >= 0.6 is 23.2 Å². The number of benzodiazepines with no additional fused rings is 1. The van der Waals surface area contributed by atoms with Gasteiger partial charge in [-0.05, 0) is 49.4 Å². The van der Waals surface area contributed by atoms with Crippen molar-refractivity contribution in [1.82, 2.24) is 0 Å². The van der Waals surface area contributed by atoms with Crippen LogP contribution in [0, 0.1) is 11.6 Å². The van der Waals surface area contributed by atoms with Crippen molar-refractivity contribution in [3.05, 3.63) is 99.0 Å². The highest BCUT2D eigenvalue weighted by Crippen LogP contribution is 2.34. The van der Waals surface area contributed by atoms with Crippen molar-refractivity contribution < 1.29 is 13.6 Å². The van der Waals surface area contributed by atoms with Gasteiger partial charge in [0.05, 0.1) is 17.9 Å². The lowest BCUT2D eigenvalue weighted by molar-refractivity contribution is -0.119. The number of aliphatic imine (C=N–C) groups is 1. The van der Waals surface area contributed by atoms with Gasteiger partial charge in [0, 0.05) is 26.7 Å². The van der Waals surface area contributed by atoms with Crippen LogP contribution in [-0.4, -0.2) is 17.7 Å². The molecule has 1 amide bonds. The maximum atomic E-state index is 14.6. The Morgan fingerprint density at radius 1 is 0.967 bits per heavy atom. The minimum Gasteiger partial charge on any atom is -0.305 e. The van der Waals surface area contributed by atoms with Crippen molar-refractivity contribution in [2.24, 2.45) is 4.99 Å². The van der Waals surface area contributed by atoms with Gasteiger partial charge in [-0.15, -0.1) is 0 Å². The van der Waals surface area contributed by atoms with E-state index in [2.05, 4.69) is 4.99 Å². The Morgan fingerprint density at radius 3 is 2.43 bits per heavy atom. The zero-order chi connectivity index (χ0) is 21.4. The topological polar surface area (TPSA) is 32.7 Å². The molecule has 1 atom stereocenters. The fourth-order valence-electron chi connectivity index (χ4n) is 3.47. The van der Waals surface area contributed by atoms with Gasteiger partial charge in [0.1, 0.15) is 17.7 Å². The molecule has 1 unspecified atom stereocenters. The number of halogens is 4. The van der Waals surface area contributed by atoms with Gasteiger partial charge < -0.3 is 4.90 Å². The summed E-state index contributed by atoms with van der Waals surface area (Å²) in [5, 5.41) is 0.620. The number of amides is 1. The van der Waals surface area contributed by atoms with Gasteiger partial charge >= 0.3 is 0 Å². The maximum absolute atomic E-state index is 14.6. The number of anilines is 1. The van der Waals surface area contributed by atoms with Crippen molar-refractivity contribution >= 4 is 40.5 Å². The third-order valence-corrected chi connectivity index (χ3v) is 5.55. The van der Waals surface area contributed by atoms with Crippen molar-refractivity contribution in [3.63, 3.8) is 0 Å². The summed E-state index contributed by atoms with van der Waals surface area (Å²) < 4.78 is 29.0. The summed E-state index contributed by atoms with van der Waals surface area (Å²) in [5.41, 5.74) is 1.70. The smallest absolute Gasteiger partial charge is 0.251 e. The largest absolute Gasteiger partial charge is 0.305 e. The molecule has 1 aliphatic rings. The summed E-state index contributed by atoms with van der Waals surface area (Å²) >= 11 is 12.4. The molecule has 0 bridgehead atoms. The van der Waals surface area contributed by atoms with E-state index in [1.165, 1.54) is 23.1 Å². The SMILES string of the molecule is CC1N=C(c2ccccc2F)c2cc(Cl)ccc2N(Cc2c(F)cccc2Cl)C1=O. The molecule has 0 N–H and O–H groups in total. The summed E-state index contributed by atoms with van der Waals surface area (Å²) in [6, 6.07) is 14.6. The number of hydrogen-bond acceptors (Lipinski definition) is 2. The number of hydrogen-bond donors (Lipinski definition) is 0. The molecule has 1 aliphatic heterocycles. The molecule has 7 heteroatoms. The van der Waals surface area contributed by atoms with Crippen molar-refractivity contribution in [3.8, 4) is 0 Å². The number of nitrogens with zero attached hydrogens (tertiary/aromatic N) is 2. The van der Waals surface area contributed by atoms with E-state index >= 15 is 0 Å². The van der Waals surface area contributed by atoms with Crippen LogP contribution in [0.15, 0.2) is 65.7 Å². The third-order valence-electron chi connectivity index (χ3n) is 4.96. The lowest BCUT2D eigenvalue weighted by Gasteiger charge is -2.25. The summed E-state index contributed by atoms with van der Waals surface area (Å²) in [5.74, 6) is -1.34. The first-order valence-electron chi connectivity index (χ1n) is 9.23. The first-order chi connectivity index (χ1) is 14.4. The molecule has 3 nitrogen and oxygen atoms in total. The Morgan fingerprint density at radius 2 is 1.70 bits per heavy atom. The molecule has 0 radical (unpaired) electrons. The van der Waals surface area contributed by atoms with E-state index < -0.39 is 17.7 Å². The number of benzene rings is 3. The highest BCUT2D eigenvalue weighted by atomic mass is 35.5. The lowest BCUT2D eigenvalue weighted by atomic mass is 9.99. The number of carbonyl (C=O) groups is 1. The second kappa shape index (κ2) is 8.17. The fraction of sp³-hybridized carbons (Fsp3) is 0.130. The van der Waals surface area contributed by atoms with E-state index in [-0.39, 0.29) is 28.6 Å². The molecule has 4 rings (SSSR count). The van der Waals surface area contributed by atoms with Crippen LogP contribution in [0.25, 0.3) is 0 Å². The van der Waals surface area contributed by atoms with E-state index in [4.69, 9.17) is 23.2 Å². The molecule has 1 heterocycles. The van der Waals surface area contributed by atoms with Crippen LogP contribution in [0.3, 0.4) is 0 Å². The molecule has 152 valence electrons. The van der Waals surface area contributed by atoms with Crippen LogP contribution in [0.4, 0.5) is 14.5 Å². The Hall–Kier alpha value is -2.76. The zero-order valence-corrected chi connectivity index (χ0v) is 17.4. The maximum Gasteiger partial charge on any atom is 0.251 e. The minimum absolute atomic E-state index is 0.0939. The molecular weight excluding hydrogens is 429 g/mol. The minimum atomic E-state index is -0.823. The first-order valence-corrected chi connectivity index (χ1v) is 9.99. The number of fused-ring (bicyclic) bond motifs is 1. The summed E-state index contributed by atoms with van der Waals surface area (Å²) in [6.07, 6.45) is 0. The molecule has 0 saturated heterocycles. The van der Waals surface area contributed by atoms with E-state index in [9.17, 15) is 13.6 Å². The lowest BCUT2D eigenvalue weighted by Crippen LogP contribution is -2.36. The molecular formula is C23H16Cl2F2N2O. The van der Waals surface area contributed by atoms with E-state index in [0.29, 0.717) is 22.0 Å². The van der Waals surface area contributed by atoms with Gasteiger partial charge in [0.2, 0.25) is 0 Å². The zero-order valence-electron chi connectivity index (χ0n) is 15.9. The molecule has 30 heavy (non-hydrogen) atoms. The van der Waals surface area contributed by atoms with Crippen LogP contribution in [0.5, 0.6) is 0 Å². The first kappa shape index (κ1) is 20.5. The van der Waals surface area contributed by atoms with Gasteiger partial charge in [0.15, 0.2) is 0 Å². The molecule has 0 aliphatic carbocycles. The second-order valence-corrected chi connectivity index (χ2v) is 7.76. The predicted octanol–water partition coefficient (Wildman–Crippen LogP) is 6.04. The highest BCUT2D eigenvalue weighted by molar-refractivity contribution is 6.32. The fourth-order valence-corrected chi connectivity index (χ4v) is 3.86. The number of rotatable bonds is 3. The average molecular weight is 445 g/mol. The van der Waals surface area contributed by atoms with Crippen molar-refractivity contribution in [2.45, 2.75) is 19.5 Å². The van der Waals surface area contributed by atoms with Gasteiger partial charge in [0.25, 0.3) is 5.91 Å². The molecule has 0 spiro atoms.